The van der Waals surface area contributed by atoms with Gasteiger partial charge in [0.2, 0.25) is 0 Å². The number of hydrogen-bond acceptors (Lipinski definition) is 7. The molecule has 9 heteroatoms. The molecule has 1 aliphatic heterocycles. The van der Waals surface area contributed by atoms with E-state index >= 15 is 0 Å². The highest BCUT2D eigenvalue weighted by atomic mass is 16.5. The van der Waals surface area contributed by atoms with Gasteiger partial charge in [0.05, 0.1) is 25.8 Å². The molecule has 3 aromatic rings. The molecule has 1 aliphatic rings. The first-order chi connectivity index (χ1) is 15.6. The monoisotopic (exact) mass is 436 g/mol. The summed E-state index contributed by atoms with van der Waals surface area (Å²) < 4.78 is 13.1. The largest absolute Gasteiger partial charge is 0.493 e. The van der Waals surface area contributed by atoms with E-state index in [1.165, 1.54) is 0 Å². The van der Waals surface area contributed by atoms with Gasteiger partial charge in [-0.3, -0.25) is 14.7 Å². The van der Waals surface area contributed by atoms with Gasteiger partial charge in [-0.2, -0.15) is 0 Å². The number of nitrogens with one attached hydrogen (secondary N) is 1. The van der Waals surface area contributed by atoms with Crippen molar-refractivity contribution >= 4 is 5.91 Å². The quantitative estimate of drug-likeness (QED) is 0.607. The van der Waals surface area contributed by atoms with Gasteiger partial charge in [0.25, 0.3) is 5.91 Å². The summed E-state index contributed by atoms with van der Waals surface area (Å²) >= 11 is 0. The molecule has 0 spiro atoms. The van der Waals surface area contributed by atoms with Gasteiger partial charge in [-0.25, -0.2) is 0 Å². The lowest BCUT2D eigenvalue weighted by Crippen LogP contribution is -2.30. The zero-order chi connectivity index (χ0) is 22.5. The number of carbonyl (C=O) groups is 1. The van der Waals surface area contributed by atoms with Gasteiger partial charge in [-0.15, -0.1) is 10.2 Å². The Morgan fingerprint density at radius 3 is 2.75 bits per heavy atom. The number of pyridine rings is 1. The number of fused-ring (bicyclic) bond motifs is 1. The summed E-state index contributed by atoms with van der Waals surface area (Å²) in [6.45, 7) is 5.12. The highest BCUT2D eigenvalue weighted by Crippen LogP contribution is 2.31. The summed E-state index contributed by atoms with van der Waals surface area (Å²) in [4.78, 5) is 18.9. The summed E-state index contributed by atoms with van der Waals surface area (Å²) in [5, 5.41) is 11.8. The predicted molar refractivity (Wildman–Crippen MR) is 119 cm³/mol. The molecule has 32 heavy (non-hydrogen) atoms. The minimum Gasteiger partial charge on any atom is -0.493 e. The van der Waals surface area contributed by atoms with Crippen molar-refractivity contribution in [1.29, 1.82) is 0 Å². The molecule has 168 valence electrons. The van der Waals surface area contributed by atoms with Crippen LogP contribution in [0.1, 0.15) is 40.5 Å². The third kappa shape index (κ3) is 4.57. The normalized spacial score (nSPS) is 14.8. The molecule has 1 amide bonds. The highest BCUT2D eigenvalue weighted by Gasteiger charge is 2.24. The van der Waals surface area contributed by atoms with Crippen LogP contribution in [-0.2, 0) is 19.5 Å². The van der Waals surface area contributed by atoms with E-state index in [1.807, 2.05) is 19.1 Å². The molecule has 0 bridgehead atoms. The van der Waals surface area contributed by atoms with Gasteiger partial charge in [0, 0.05) is 50.6 Å². The molecule has 0 unspecified atom stereocenters. The van der Waals surface area contributed by atoms with E-state index in [1.54, 1.807) is 38.7 Å². The molecule has 0 saturated carbocycles. The molecular weight excluding hydrogens is 408 g/mol. The molecule has 1 aromatic carbocycles. The Morgan fingerprint density at radius 2 is 2.00 bits per heavy atom. The maximum Gasteiger partial charge on any atom is 0.253 e. The van der Waals surface area contributed by atoms with Crippen molar-refractivity contribution in [2.45, 2.75) is 32.5 Å². The second-order valence-corrected chi connectivity index (χ2v) is 7.74. The number of ether oxygens (including phenoxy) is 2. The van der Waals surface area contributed by atoms with Crippen LogP contribution in [0, 0.1) is 0 Å². The van der Waals surface area contributed by atoms with Crippen molar-refractivity contribution < 1.29 is 14.3 Å². The number of benzene rings is 1. The van der Waals surface area contributed by atoms with Crippen LogP contribution in [0.2, 0.25) is 0 Å². The molecule has 1 N–H and O–H groups in total. The minimum atomic E-state index is -0.269. The zero-order valence-corrected chi connectivity index (χ0v) is 18.6. The van der Waals surface area contributed by atoms with Crippen LogP contribution < -0.4 is 14.8 Å². The van der Waals surface area contributed by atoms with Crippen molar-refractivity contribution in [3.05, 3.63) is 65.5 Å². The molecule has 0 fully saturated rings. The number of carbonyl (C=O) groups excluding carboxylic acids is 1. The molecule has 2 aromatic heterocycles. The molecule has 0 saturated heterocycles. The SMILES string of the molecule is COc1cccc(CN2CCc3nnc([C@H](C)NC(=O)c4cccnc4)n3CC2)c1OC. The maximum atomic E-state index is 12.5. The summed E-state index contributed by atoms with van der Waals surface area (Å²) in [5.74, 6) is 3.02. The Labute approximate surface area is 187 Å². The maximum absolute atomic E-state index is 12.5. The van der Waals surface area contributed by atoms with Crippen molar-refractivity contribution in [3.63, 3.8) is 0 Å². The Balaban J connectivity index is 1.44. The molecular formula is C23H28N6O3. The number of para-hydroxylation sites is 1. The zero-order valence-electron chi connectivity index (χ0n) is 18.6. The van der Waals surface area contributed by atoms with E-state index < -0.39 is 0 Å². The van der Waals surface area contributed by atoms with Crippen LogP contribution >= 0.6 is 0 Å². The average molecular weight is 437 g/mol. The topological polar surface area (TPSA) is 94.4 Å². The van der Waals surface area contributed by atoms with Gasteiger partial charge in [0.15, 0.2) is 17.3 Å². The number of rotatable bonds is 7. The van der Waals surface area contributed by atoms with E-state index in [0.717, 1.165) is 61.3 Å². The van der Waals surface area contributed by atoms with E-state index in [4.69, 9.17) is 9.47 Å². The van der Waals surface area contributed by atoms with Crippen LogP contribution in [0.4, 0.5) is 0 Å². The predicted octanol–water partition coefficient (Wildman–Crippen LogP) is 2.24. The van der Waals surface area contributed by atoms with Crippen molar-refractivity contribution in [2.24, 2.45) is 0 Å². The summed E-state index contributed by atoms with van der Waals surface area (Å²) in [5.41, 5.74) is 1.61. The van der Waals surface area contributed by atoms with Crippen molar-refractivity contribution in [2.75, 3.05) is 27.3 Å². The lowest BCUT2D eigenvalue weighted by molar-refractivity contribution is 0.0937. The standard InChI is InChI=1S/C23H28N6O3/c1-16(25-23(30)17-7-5-10-24-14-17)22-27-26-20-9-11-28(12-13-29(20)22)15-18-6-4-8-19(31-2)21(18)32-3/h4-8,10,14,16H,9,11-13,15H2,1-3H3,(H,25,30)/t16-/m0/s1. The van der Waals surface area contributed by atoms with E-state index in [2.05, 4.69) is 36.0 Å². The van der Waals surface area contributed by atoms with Crippen LogP contribution in [0.15, 0.2) is 42.7 Å². The number of methoxy groups -OCH3 is 2. The Kier molecular flexibility index (Phi) is 6.65. The third-order valence-electron chi connectivity index (χ3n) is 5.68. The minimum absolute atomic E-state index is 0.177. The van der Waals surface area contributed by atoms with Gasteiger partial charge < -0.3 is 19.4 Å². The average Bonchev–Trinajstić information content (AvgIpc) is 3.13. The number of hydrogen-bond donors (Lipinski definition) is 1. The smallest absolute Gasteiger partial charge is 0.253 e. The second kappa shape index (κ2) is 9.78. The van der Waals surface area contributed by atoms with Crippen molar-refractivity contribution in [3.8, 4) is 11.5 Å². The summed E-state index contributed by atoms with van der Waals surface area (Å²) in [6, 6.07) is 9.16. The number of aromatic nitrogens is 4. The van der Waals surface area contributed by atoms with Crippen molar-refractivity contribution in [1.82, 2.24) is 30.0 Å². The second-order valence-electron chi connectivity index (χ2n) is 7.74. The fourth-order valence-corrected chi connectivity index (χ4v) is 4.03. The first-order valence-electron chi connectivity index (χ1n) is 10.7. The first kappa shape index (κ1) is 21.8. The number of nitrogens with zero attached hydrogens (tertiary/aromatic N) is 5. The third-order valence-corrected chi connectivity index (χ3v) is 5.68. The van der Waals surface area contributed by atoms with Crippen LogP contribution in [0.5, 0.6) is 11.5 Å². The highest BCUT2D eigenvalue weighted by molar-refractivity contribution is 5.94. The van der Waals surface area contributed by atoms with Gasteiger partial charge in [0.1, 0.15) is 5.82 Å². The molecule has 0 aliphatic carbocycles. The molecule has 9 nitrogen and oxygen atoms in total. The Hall–Kier alpha value is -3.46. The molecule has 1 atom stereocenters. The molecule has 4 rings (SSSR count). The Bertz CT molecular complexity index is 1070. The summed E-state index contributed by atoms with van der Waals surface area (Å²) in [6.07, 6.45) is 3.98. The fraction of sp³-hybridized carbons (Fsp3) is 0.391. The fourth-order valence-electron chi connectivity index (χ4n) is 4.03. The molecule has 3 heterocycles. The lowest BCUT2D eigenvalue weighted by Gasteiger charge is -2.22. The first-order valence-corrected chi connectivity index (χ1v) is 10.7. The Morgan fingerprint density at radius 1 is 1.12 bits per heavy atom. The molecule has 0 radical (unpaired) electrons. The van der Waals surface area contributed by atoms with Gasteiger partial charge >= 0.3 is 0 Å². The number of amides is 1. The van der Waals surface area contributed by atoms with E-state index in [9.17, 15) is 4.79 Å². The van der Waals surface area contributed by atoms with Crippen LogP contribution in [0.25, 0.3) is 0 Å². The van der Waals surface area contributed by atoms with Gasteiger partial charge in [-0.1, -0.05) is 12.1 Å². The van der Waals surface area contributed by atoms with E-state index in [-0.39, 0.29) is 11.9 Å². The lowest BCUT2D eigenvalue weighted by atomic mass is 10.1. The van der Waals surface area contributed by atoms with E-state index in [0.29, 0.717) is 5.56 Å². The van der Waals surface area contributed by atoms with Gasteiger partial charge in [-0.05, 0) is 25.1 Å². The van der Waals surface area contributed by atoms with Crippen LogP contribution in [0.3, 0.4) is 0 Å². The van der Waals surface area contributed by atoms with Crippen LogP contribution in [-0.4, -0.2) is 57.9 Å². The summed E-state index contributed by atoms with van der Waals surface area (Å²) in [7, 11) is 3.31.